The molecule has 1 aliphatic rings. The topological polar surface area (TPSA) is 104 Å². The number of urea groups is 1. The van der Waals surface area contributed by atoms with Crippen molar-refractivity contribution in [3.05, 3.63) is 17.8 Å². The smallest absolute Gasteiger partial charge is 0.315 e. The molecule has 2 rings (SSSR count). The Labute approximate surface area is 123 Å². The van der Waals surface area contributed by atoms with E-state index in [9.17, 15) is 9.59 Å². The molecule has 0 aromatic carbocycles. The van der Waals surface area contributed by atoms with Crippen molar-refractivity contribution in [2.75, 3.05) is 0 Å². The van der Waals surface area contributed by atoms with Crippen molar-refractivity contribution < 1.29 is 19.1 Å². The van der Waals surface area contributed by atoms with Gasteiger partial charge in [-0.3, -0.25) is 4.79 Å². The van der Waals surface area contributed by atoms with Gasteiger partial charge in [-0.1, -0.05) is 6.42 Å². The average Bonchev–Trinajstić information content (AvgIpc) is 2.85. The van der Waals surface area contributed by atoms with E-state index in [-0.39, 0.29) is 24.0 Å². The summed E-state index contributed by atoms with van der Waals surface area (Å²) in [5.74, 6) is -0.00764. The zero-order valence-corrected chi connectivity index (χ0v) is 12.3. The third-order valence-corrected chi connectivity index (χ3v) is 3.72. The maximum Gasteiger partial charge on any atom is 0.315 e. The molecule has 116 valence electrons. The molecule has 0 radical (unpaired) electrons. The van der Waals surface area contributed by atoms with E-state index in [1.807, 2.05) is 0 Å². The van der Waals surface area contributed by atoms with Gasteiger partial charge in [-0.25, -0.2) is 9.78 Å². The molecule has 7 nitrogen and oxygen atoms in total. The van der Waals surface area contributed by atoms with Gasteiger partial charge in [0.25, 0.3) is 0 Å². The lowest BCUT2D eigenvalue weighted by atomic mass is 9.86. The summed E-state index contributed by atoms with van der Waals surface area (Å²) >= 11 is 0. The van der Waals surface area contributed by atoms with E-state index in [4.69, 9.17) is 9.52 Å². The predicted octanol–water partition coefficient (Wildman–Crippen LogP) is 1.99. The molecule has 0 saturated heterocycles. The SMILES string of the molecule is Cc1cnc(C(C)NC(=O)NC2CCCC(C(=O)O)C2)o1. The molecule has 21 heavy (non-hydrogen) atoms. The van der Waals surface area contributed by atoms with Crippen LogP contribution in [0.15, 0.2) is 10.6 Å². The molecule has 1 heterocycles. The van der Waals surface area contributed by atoms with Crippen LogP contribution in [-0.2, 0) is 4.79 Å². The third-order valence-electron chi connectivity index (χ3n) is 3.72. The Morgan fingerprint density at radius 3 is 2.86 bits per heavy atom. The molecule has 1 aromatic heterocycles. The molecule has 7 heteroatoms. The van der Waals surface area contributed by atoms with Crippen molar-refractivity contribution in [2.45, 2.75) is 51.6 Å². The van der Waals surface area contributed by atoms with E-state index < -0.39 is 5.97 Å². The van der Waals surface area contributed by atoms with Crippen molar-refractivity contribution in [2.24, 2.45) is 5.92 Å². The number of rotatable bonds is 4. The van der Waals surface area contributed by atoms with E-state index >= 15 is 0 Å². The van der Waals surface area contributed by atoms with Crippen LogP contribution in [0.2, 0.25) is 0 Å². The van der Waals surface area contributed by atoms with Gasteiger partial charge in [0.1, 0.15) is 11.8 Å². The minimum atomic E-state index is -0.787. The van der Waals surface area contributed by atoms with Crippen molar-refractivity contribution in [3.63, 3.8) is 0 Å². The summed E-state index contributed by atoms with van der Waals surface area (Å²) in [5.41, 5.74) is 0. The predicted molar refractivity (Wildman–Crippen MR) is 74.7 cm³/mol. The Morgan fingerprint density at radius 1 is 1.48 bits per heavy atom. The number of hydrogen-bond acceptors (Lipinski definition) is 4. The number of carboxylic acids is 1. The van der Waals surface area contributed by atoms with E-state index in [0.717, 1.165) is 12.8 Å². The Balaban J connectivity index is 1.82. The number of carbonyl (C=O) groups is 2. The fraction of sp³-hybridized carbons (Fsp3) is 0.643. The van der Waals surface area contributed by atoms with E-state index in [1.54, 1.807) is 20.0 Å². The summed E-state index contributed by atoms with van der Waals surface area (Å²) in [6.07, 6.45) is 4.39. The number of aliphatic carboxylic acids is 1. The number of nitrogens with one attached hydrogen (secondary N) is 2. The number of nitrogens with zero attached hydrogens (tertiary/aromatic N) is 1. The second-order valence-corrected chi connectivity index (χ2v) is 5.55. The molecule has 1 aromatic rings. The molecule has 0 bridgehead atoms. The summed E-state index contributed by atoms with van der Waals surface area (Å²) in [4.78, 5) is 27.0. The second kappa shape index (κ2) is 6.60. The maximum absolute atomic E-state index is 11.9. The molecule has 3 N–H and O–H groups in total. The lowest BCUT2D eigenvalue weighted by Gasteiger charge is -2.27. The fourth-order valence-electron chi connectivity index (χ4n) is 2.60. The normalized spacial score (nSPS) is 23.3. The molecule has 1 fully saturated rings. The summed E-state index contributed by atoms with van der Waals surface area (Å²) in [7, 11) is 0. The zero-order valence-electron chi connectivity index (χ0n) is 12.3. The van der Waals surface area contributed by atoms with Crippen LogP contribution in [-0.4, -0.2) is 28.1 Å². The first-order valence-corrected chi connectivity index (χ1v) is 7.18. The van der Waals surface area contributed by atoms with Crippen molar-refractivity contribution in [1.29, 1.82) is 0 Å². The van der Waals surface area contributed by atoms with Crippen molar-refractivity contribution in [3.8, 4) is 0 Å². The minimum Gasteiger partial charge on any atom is -0.481 e. The molecule has 0 spiro atoms. The van der Waals surface area contributed by atoms with Gasteiger partial charge in [-0.05, 0) is 33.1 Å². The lowest BCUT2D eigenvalue weighted by Crippen LogP contribution is -2.45. The second-order valence-electron chi connectivity index (χ2n) is 5.55. The van der Waals surface area contributed by atoms with Gasteiger partial charge in [-0.15, -0.1) is 0 Å². The van der Waals surface area contributed by atoms with Crippen LogP contribution < -0.4 is 10.6 Å². The highest BCUT2D eigenvalue weighted by Gasteiger charge is 2.28. The molecular formula is C14H21N3O4. The minimum absolute atomic E-state index is 0.0988. The van der Waals surface area contributed by atoms with Gasteiger partial charge in [-0.2, -0.15) is 0 Å². The summed E-state index contributed by atoms with van der Waals surface area (Å²) in [6, 6.07) is -0.759. The Morgan fingerprint density at radius 2 is 2.24 bits per heavy atom. The van der Waals surface area contributed by atoms with Crippen molar-refractivity contribution >= 4 is 12.0 Å². The molecule has 1 aliphatic carbocycles. The van der Waals surface area contributed by atoms with E-state index in [1.165, 1.54) is 0 Å². The number of aromatic nitrogens is 1. The number of carbonyl (C=O) groups excluding carboxylic acids is 1. The number of hydrogen-bond donors (Lipinski definition) is 3. The third kappa shape index (κ3) is 4.21. The van der Waals surface area contributed by atoms with Gasteiger partial charge in [0, 0.05) is 6.04 Å². The maximum atomic E-state index is 11.9. The van der Waals surface area contributed by atoms with Gasteiger partial charge < -0.3 is 20.2 Å². The zero-order chi connectivity index (χ0) is 15.4. The molecule has 3 atom stereocenters. The first-order valence-electron chi connectivity index (χ1n) is 7.18. The Hall–Kier alpha value is -2.05. The van der Waals surface area contributed by atoms with Crippen LogP contribution in [0, 0.1) is 12.8 Å². The summed E-state index contributed by atoms with van der Waals surface area (Å²) in [5, 5.41) is 14.6. The number of amides is 2. The van der Waals surface area contributed by atoms with Crippen LogP contribution in [0.1, 0.15) is 50.3 Å². The highest BCUT2D eigenvalue weighted by atomic mass is 16.4. The monoisotopic (exact) mass is 295 g/mol. The molecule has 0 aliphatic heterocycles. The van der Waals surface area contributed by atoms with E-state index in [2.05, 4.69) is 15.6 Å². The van der Waals surface area contributed by atoms with Crippen LogP contribution in [0.4, 0.5) is 4.79 Å². The standard InChI is InChI=1S/C14H21N3O4/c1-8-7-15-12(21-8)9(2)16-14(20)17-11-5-3-4-10(6-11)13(18)19/h7,9-11H,3-6H2,1-2H3,(H,18,19)(H2,16,17,20). The lowest BCUT2D eigenvalue weighted by molar-refractivity contribution is -0.143. The first-order chi connectivity index (χ1) is 9.95. The number of oxazole rings is 1. The van der Waals surface area contributed by atoms with Gasteiger partial charge >= 0.3 is 12.0 Å². The largest absolute Gasteiger partial charge is 0.481 e. The molecule has 1 saturated carbocycles. The number of carboxylic acid groups (broad SMARTS) is 1. The molecule has 3 unspecified atom stereocenters. The van der Waals surface area contributed by atoms with Gasteiger partial charge in [0.2, 0.25) is 5.89 Å². The number of aryl methyl sites for hydroxylation is 1. The quantitative estimate of drug-likeness (QED) is 0.788. The first kappa shape index (κ1) is 15.3. The van der Waals surface area contributed by atoms with Crippen LogP contribution in [0.25, 0.3) is 0 Å². The fourth-order valence-corrected chi connectivity index (χ4v) is 2.60. The summed E-state index contributed by atoms with van der Waals surface area (Å²) in [6.45, 7) is 3.57. The summed E-state index contributed by atoms with van der Waals surface area (Å²) < 4.78 is 5.35. The van der Waals surface area contributed by atoms with Crippen molar-refractivity contribution in [1.82, 2.24) is 15.6 Å². The van der Waals surface area contributed by atoms with Crippen LogP contribution in [0.5, 0.6) is 0 Å². The van der Waals surface area contributed by atoms with Gasteiger partial charge in [0.05, 0.1) is 12.1 Å². The molecule has 2 amide bonds. The van der Waals surface area contributed by atoms with Crippen LogP contribution in [0.3, 0.4) is 0 Å². The highest BCUT2D eigenvalue weighted by molar-refractivity contribution is 5.75. The van der Waals surface area contributed by atoms with Gasteiger partial charge in [0.15, 0.2) is 0 Å². The molecular weight excluding hydrogens is 274 g/mol. The van der Waals surface area contributed by atoms with Crippen LogP contribution >= 0.6 is 0 Å². The highest BCUT2D eigenvalue weighted by Crippen LogP contribution is 2.24. The van der Waals surface area contributed by atoms with E-state index in [0.29, 0.717) is 24.5 Å². The Kier molecular flexibility index (Phi) is 4.82. The average molecular weight is 295 g/mol. The Bertz CT molecular complexity index is 514.